The van der Waals surface area contributed by atoms with Crippen LogP contribution in [0.25, 0.3) is 0 Å². The van der Waals surface area contributed by atoms with E-state index in [2.05, 4.69) is 10.2 Å². The lowest BCUT2D eigenvalue weighted by Gasteiger charge is -2.24. The molecular weight excluding hydrogens is 362 g/mol. The van der Waals surface area contributed by atoms with Gasteiger partial charge in [-0.1, -0.05) is 36.4 Å². The summed E-state index contributed by atoms with van der Waals surface area (Å²) in [6, 6.07) is 17.1. The van der Waals surface area contributed by atoms with E-state index < -0.39 is 10.0 Å². The Morgan fingerprint density at radius 3 is 2.30 bits per heavy atom. The number of amides is 1. The molecule has 1 amide bonds. The Labute approximate surface area is 161 Å². The Bertz CT molecular complexity index is 854. The summed E-state index contributed by atoms with van der Waals surface area (Å²) in [7, 11) is -1.55. The van der Waals surface area contributed by atoms with Crippen molar-refractivity contribution >= 4 is 27.3 Å². The maximum atomic E-state index is 12.3. The van der Waals surface area contributed by atoms with Gasteiger partial charge in [0.05, 0.1) is 11.9 Å². The quantitative estimate of drug-likeness (QED) is 0.669. The lowest BCUT2D eigenvalue weighted by Crippen LogP contribution is -2.41. The van der Waals surface area contributed by atoms with Crippen molar-refractivity contribution in [3.8, 4) is 0 Å². The summed E-state index contributed by atoms with van der Waals surface area (Å²) in [4.78, 5) is 14.4. The number of aryl methyl sites for hydroxylation is 1. The molecular formula is C20H27N3O3S. The van der Waals surface area contributed by atoms with E-state index in [0.717, 1.165) is 34.8 Å². The average Bonchev–Trinajstić information content (AvgIpc) is 2.63. The molecule has 0 saturated heterocycles. The molecule has 146 valence electrons. The Kier molecular flexibility index (Phi) is 7.24. The highest BCUT2D eigenvalue weighted by molar-refractivity contribution is 7.92. The first-order valence-electron chi connectivity index (χ1n) is 8.85. The van der Waals surface area contributed by atoms with Crippen LogP contribution in [0.5, 0.6) is 0 Å². The number of anilines is 2. The summed E-state index contributed by atoms with van der Waals surface area (Å²) >= 11 is 0. The van der Waals surface area contributed by atoms with Gasteiger partial charge in [0.1, 0.15) is 6.54 Å². The third-order valence-electron chi connectivity index (χ3n) is 4.26. The van der Waals surface area contributed by atoms with Gasteiger partial charge in [-0.3, -0.25) is 9.10 Å². The highest BCUT2D eigenvalue weighted by Gasteiger charge is 2.21. The molecule has 0 aliphatic rings. The fraction of sp³-hybridized carbons (Fsp3) is 0.350. The van der Waals surface area contributed by atoms with Crippen LogP contribution in [0.4, 0.5) is 11.4 Å². The van der Waals surface area contributed by atoms with Gasteiger partial charge >= 0.3 is 0 Å². The molecule has 0 aliphatic heterocycles. The maximum absolute atomic E-state index is 12.3. The van der Waals surface area contributed by atoms with Gasteiger partial charge in [-0.05, 0) is 37.1 Å². The summed E-state index contributed by atoms with van der Waals surface area (Å²) < 4.78 is 25.4. The molecule has 27 heavy (non-hydrogen) atoms. The number of hydrogen-bond donors (Lipinski definition) is 1. The number of carbonyl (C=O) groups excluding carboxylic acids is 1. The molecule has 0 unspecified atom stereocenters. The Morgan fingerprint density at radius 1 is 1.04 bits per heavy atom. The van der Waals surface area contributed by atoms with Crippen LogP contribution in [0.2, 0.25) is 0 Å². The molecule has 6 nitrogen and oxygen atoms in total. The maximum Gasteiger partial charge on any atom is 0.240 e. The second kappa shape index (κ2) is 9.41. The second-order valence-electron chi connectivity index (χ2n) is 6.52. The molecule has 0 bridgehead atoms. The number of benzene rings is 2. The molecule has 7 heteroatoms. The topological polar surface area (TPSA) is 69.7 Å². The molecule has 0 saturated carbocycles. The van der Waals surface area contributed by atoms with E-state index in [1.807, 2.05) is 56.4 Å². The first-order chi connectivity index (χ1) is 12.8. The van der Waals surface area contributed by atoms with Gasteiger partial charge in [0, 0.05) is 25.8 Å². The molecule has 0 aromatic heterocycles. The van der Waals surface area contributed by atoms with Gasteiger partial charge in [0.25, 0.3) is 0 Å². The largest absolute Gasteiger partial charge is 0.375 e. The number of carbonyl (C=O) groups is 1. The van der Waals surface area contributed by atoms with Crippen LogP contribution in [0.3, 0.4) is 0 Å². The summed E-state index contributed by atoms with van der Waals surface area (Å²) in [5, 5.41) is 2.81. The van der Waals surface area contributed by atoms with E-state index >= 15 is 0 Å². The third-order valence-corrected chi connectivity index (χ3v) is 5.39. The predicted octanol–water partition coefficient (Wildman–Crippen LogP) is 2.40. The van der Waals surface area contributed by atoms with Crippen molar-refractivity contribution in [2.45, 2.75) is 13.3 Å². The van der Waals surface area contributed by atoms with Gasteiger partial charge in [-0.25, -0.2) is 8.42 Å². The summed E-state index contributed by atoms with van der Waals surface area (Å²) in [6.45, 7) is 2.88. The standard InChI is InChI=1S/C20H27N3O3S/c1-17-10-7-8-13-19(17)23(27(3,25)26)16-20(24)21-14-9-15-22(2)18-11-5-4-6-12-18/h4-8,10-13H,9,14-16H2,1-3H3,(H,21,24). The second-order valence-corrected chi connectivity index (χ2v) is 8.42. The van der Waals surface area contributed by atoms with Crippen LogP contribution < -0.4 is 14.5 Å². The summed E-state index contributed by atoms with van der Waals surface area (Å²) in [6.07, 6.45) is 1.88. The van der Waals surface area contributed by atoms with Gasteiger partial charge in [-0.2, -0.15) is 0 Å². The number of rotatable bonds is 9. The van der Waals surface area contributed by atoms with Crippen LogP contribution in [0.15, 0.2) is 54.6 Å². The molecule has 2 aromatic carbocycles. The van der Waals surface area contributed by atoms with Crippen LogP contribution in [0.1, 0.15) is 12.0 Å². The number of nitrogens with one attached hydrogen (secondary N) is 1. The van der Waals surface area contributed by atoms with E-state index in [1.165, 1.54) is 0 Å². The third kappa shape index (κ3) is 6.29. The SMILES string of the molecule is Cc1ccccc1N(CC(=O)NCCCN(C)c1ccccc1)S(C)(=O)=O. The number of sulfonamides is 1. The van der Waals surface area contributed by atoms with Crippen molar-refractivity contribution < 1.29 is 13.2 Å². The molecule has 0 spiro atoms. The average molecular weight is 390 g/mol. The van der Waals surface area contributed by atoms with Crippen LogP contribution in [-0.4, -0.2) is 47.3 Å². The molecule has 2 rings (SSSR count). The minimum absolute atomic E-state index is 0.224. The molecule has 1 N–H and O–H groups in total. The van der Waals surface area contributed by atoms with Gasteiger partial charge < -0.3 is 10.2 Å². The van der Waals surface area contributed by atoms with E-state index in [1.54, 1.807) is 12.1 Å². The van der Waals surface area contributed by atoms with Crippen LogP contribution in [0, 0.1) is 6.92 Å². The molecule has 0 radical (unpaired) electrons. The van der Waals surface area contributed by atoms with Crippen molar-refractivity contribution in [1.82, 2.24) is 5.32 Å². The summed E-state index contributed by atoms with van der Waals surface area (Å²) in [5.41, 5.74) is 2.45. The summed E-state index contributed by atoms with van der Waals surface area (Å²) in [5.74, 6) is -0.314. The number of para-hydroxylation sites is 2. The van der Waals surface area contributed by atoms with E-state index in [0.29, 0.717) is 12.2 Å². The zero-order valence-corrected chi connectivity index (χ0v) is 16.9. The lowest BCUT2D eigenvalue weighted by molar-refractivity contribution is -0.119. The molecule has 0 heterocycles. The first kappa shape index (κ1) is 20.8. The fourth-order valence-corrected chi connectivity index (χ4v) is 3.68. The number of nitrogens with zero attached hydrogens (tertiary/aromatic N) is 2. The highest BCUT2D eigenvalue weighted by atomic mass is 32.2. The predicted molar refractivity (Wildman–Crippen MR) is 111 cm³/mol. The normalized spacial score (nSPS) is 11.1. The van der Waals surface area contributed by atoms with Crippen molar-refractivity contribution in [1.29, 1.82) is 0 Å². The van der Waals surface area contributed by atoms with E-state index in [9.17, 15) is 13.2 Å². The highest BCUT2D eigenvalue weighted by Crippen LogP contribution is 2.21. The zero-order chi connectivity index (χ0) is 19.9. The van der Waals surface area contributed by atoms with Gasteiger partial charge in [0.15, 0.2) is 0 Å². The monoisotopic (exact) mass is 389 g/mol. The minimum Gasteiger partial charge on any atom is -0.375 e. The van der Waals surface area contributed by atoms with Crippen LogP contribution in [-0.2, 0) is 14.8 Å². The Hall–Kier alpha value is -2.54. The van der Waals surface area contributed by atoms with E-state index in [4.69, 9.17) is 0 Å². The van der Waals surface area contributed by atoms with Crippen molar-refractivity contribution in [3.63, 3.8) is 0 Å². The van der Waals surface area contributed by atoms with Crippen LogP contribution >= 0.6 is 0 Å². The Balaban J connectivity index is 1.87. The van der Waals surface area contributed by atoms with E-state index in [-0.39, 0.29) is 12.5 Å². The molecule has 0 fully saturated rings. The fourth-order valence-electron chi connectivity index (χ4n) is 2.77. The number of hydrogen-bond acceptors (Lipinski definition) is 4. The molecule has 0 aliphatic carbocycles. The Morgan fingerprint density at radius 2 is 1.67 bits per heavy atom. The minimum atomic E-state index is -3.55. The smallest absolute Gasteiger partial charge is 0.240 e. The first-order valence-corrected chi connectivity index (χ1v) is 10.7. The van der Waals surface area contributed by atoms with Crippen molar-refractivity contribution in [2.24, 2.45) is 0 Å². The van der Waals surface area contributed by atoms with Crippen molar-refractivity contribution in [3.05, 3.63) is 60.2 Å². The van der Waals surface area contributed by atoms with Crippen molar-refractivity contribution in [2.75, 3.05) is 42.1 Å². The lowest BCUT2D eigenvalue weighted by atomic mass is 10.2. The zero-order valence-electron chi connectivity index (χ0n) is 16.1. The molecule has 0 atom stereocenters. The van der Waals surface area contributed by atoms with Gasteiger partial charge in [-0.15, -0.1) is 0 Å². The van der Waals surface area contributed by atoms with Gasteiger partial charge in [0.2, 0.25) is 15.9 Å². The molecule has 2 aromatic rings.